The van der Waals surface area contributed by atoms with Gasteiger partial charge in [-0.1, -0.05) is 42.0 Å². The van der Waals surface area contributed by atoms with E-state index in [4.69, 9.17) is 4.74 Å². The molecule has 0 aromatic heterocycles. The number of piperidine rings is 1. The minimum Gasteiger partial charge on any atom is -0.508 e. The minimum atomic E-state index is 0. The third-order valence-corrected chi connectivity index (χ3v) is 4.81. The summed E-state index contributed by atoms with van der Waals surface area (Å²) in [6, 6.07) is 15.7. The Balaban J connectivity index is 0.00000280. The zero-order valence-electron chi connectivity index (χ0n) is 16.4. The Morgan fingerprint density at radius 1 is 1.18 bits per heavy atom. The number of nitrogens with zero attached hydrogens (tertiary/aromatic N) is 2. The summed E-state index contributed by atoms with van der Waals surface area (Å²) in [6.45, 7) is 2.36. The van der Waals surface area contributed by atoms with Crippen LogP contribution in [0.25, 0.3) is 6.08 Å². The Hall–Kier alpha value is -2.22. The Morgan fingerprint density at radius 3 is 2.54 bits per heavy atom. The van der Waals surface area contributed by atoms with Crippen LogP contribution < -0.4 is 10.1 Å². The number of hydrogen-bond donors (Lipinski definition) is 2. The highest BCUT2D eigenvalue weighted by molar-refractivity contribution is 14.0. The normalized spacial score (nSPS) is 14.3. The van der Waals surface area contributed by atoms with Gasteiger partial charge in [-0.15, -0.1) is 24.0 Å². The molecule has 1 fully saturated rings. The lowest BCUT2D eigenvalue weighted by Gasteiger charge is -2.31. The number of methoxy groups -OCH3 is 1. The topological polar surface area (TPSA) is 57.1 Å². The van der Waals surface area contributed by atoms with E-state index in [0.29, 0.717) is 6.54 Å². The van der Waals surface area contributed by atoms with Crippen LogP contribution in [0.15, 0.2) is 59.1 Å². The van der Waals surface area contributed by atoms with E-state index in [1.165, 1.54) is 11.1 Å². The van der Waals surface area contributed by atoms with Crippen molar-refractivity contribution in [3.8, 4) is 11.5 Å². The Labute approximate surface area is 184 Å². The largest absolute Gasteiger partial charge is 0.508 e. The molecule has 6 heteroatoms. The Morgan fingerprint density at radius 2 is 1.89 bits per heavy atom. The standard InChI is InChI=1S/C22H27N3O2.HI/c1-23-22(24-16-19-15-20(27-2)8-9-21(19)26)25-12-10-18(11-13-25)14-17-6-4-3-5-7-17;/h3-9,14-15,26H,10-13,16H2,1-2H3,(H,23,24);1H. The molecule has 1 saturated heterocycles. The molecule has 1 aliphatic rings. The maximum absolute atomic E-state index is 10.0. The molecule has 0 radical (unpaired) electrons. The molecule has 1 heterocycles. The van der Waals surface area contributed by atoms with Crippen molar-refractivity contribution in [1.29, 1.82) is 0 Å². The fourth-order valence-electron chi connectivity index (χ4n) is 3.27. The number of hydrogen-bond acceptors (Lipinski definition) is 3. The third kappa shape index (κ3) is 5.89. The number of aliphatic imine (C=N–C) groups is 1. The number of nitrogens with one attached hydrogen (secondary N) is 1. The van der Waals surface area contributed by atoms with Crippen LogP contribution in [0.3, 0.4) is 0 Å². The highest BCUT2D eigenvalue weighted by Gasteiger charge is 2.17. The summed E-state index contributed by atoms with van der Waals surface area (Å²) in [7, 11) is 3.42. The summed E-state index contributed by atoms with van der Waals surface area (Å²) in [4.78, 5) is 6.67. The monoisotopic (exact) mass is 493 g/mol. The van der Waals surface area contributed by atoms with E-state index in [-0.39, 0.29) is 29.7 Å². The maximum atomic E-state index is 10.0. The molecule has 28 heavy (non-hydrogen) atoms. The molecular weight excluding hydrogens is 465 g/mol. The zero-order valence-corrected chi connectivity index (χ0v) is 18.7. The van der Waals surface area contributed by atoms with E-state index in [0.717, 1.165) is 43.2 Å². The molecule has 0 aliphatic carbocycles. The van der Waals surface area contributed by atoms with Crippen molar-refractivity contribution in [3.05, 3.63) is 65.2 Å². The molecular formula is C22H28IN3O2. The Kier molecular flexibility index (Phi) is 8.63. The van der Waals surface area contributed by atoms with Crippen LogP contribution in [-0.4, -0.2) is 43.2 Å². The van der Waals surface area contributed by atoms with Gasteiger partial charge in [-0.05, 0) is 36.6 Å². The predicted octanol–water partition coefficient (Wildman–Crippen LogP) is 4.27. The van der Waals surface area contributed by atoms with Gasteiger partial charge in [-0.3, -0.25) is 4.99 Å². The van der Waals surface area contributed by atoms with E-state index in [1.807, 2.05) is 12.1 Å². The van der Waals surface area contributed by atoms with Gasteiger partial charge in [0, 0.05) is 32.2 Å². The smallest absolute Gasteiger partial charge is 0.193 e. The lowest BCUT2D eigenvalue weighted by molar-refractivity contribution is 0.374. The van der Waals surface area contributed by atoms with Gasteiger partial charge in [0.2, 0.25) is 0 Å². The number of aromatic hydroxyl groups is 1. The van der Waals surface area contributed by atoms with Crippen molar-refractivity contribution >= 4 is 36.0 Å². The van der Waals surface area contributed by atoms with Crippen LogP contribution in [0, 0.1) is 0 Å². The average Bonchev–Trinajstić information content (AvgIpc) is 2.71. The number of halogens is 1. The van der Waals surface area contributed by atoms with Crippen molar-refractivity contribution < 1.29 is 9.84 Å². The quantitative estimate of drug-likeness (QED) is 0.380. The fraction of sp³-hybridized carbons (Fsp3) is 0.318. The molecule has 0 saturated carbocycles. The summed E-state index contributed by atoms with van der Waals surface area (Å²) in [6.07, 6.45) is 4.35. The highest BCUT2D eigenvalue weighted by atomic mass is 127. The van der Waals surface area contributed by atoms with Gasteiger partial charge in [0.1, 0.15) is 11.5 Å². The first-order chi connectivity index (χ1) is 13.2. The van der Waals surface area contributed by atoms with E-state index in [9.17, 15) is 5.11 Å². The molecule has 2 aromatic carbocycles. The van der Waals surface area contributed by atoms with Crippen LogP contribution in [0.1, 0.15) is 24.0 Å². The number of guanidine groups is 1. The van der Waals surface area contributed by atoms with Crippen molar-refractivity contribution in [3.63, 3.8) is 0 Å². The first kappa shape index (κ1) is 22.1. The second-order valence-electron chi connectivity index (χ2n) is 6.60. The van der Waals surface area contributed by atoms with Crippen LogP contribution in [0.5, 0.6) is 11.5 Å². The third-order valence-electron chi connectivity index (χ3n) is 4.81. The average molecular weight is 493 g/mol. The highest BCUT2D eigenvalue weighted by Crippen LogP contribution is 2.23. The molecule has 0 atom stereocenters. The molecule has 0 spiro atoms. The van der Waals surface area contributed by atoms with E-state index in [2.05, 4.69) is 45.6 Å². The van der Waals surface area contributed by atoms with Crippen molar-refractivity contribution in [2.24, 2.45) is 4.99 Å². The van der Waals surface area contributed by atoms with Crippen LogP contribution in [-0.2, 0) is 6.54 Å². The molecule has 1 aliphatic heterocycles. The minimum absolute atomic E-state index is 0. The molecule has 2 N–H and O–H groups in total. The zero-order chi connectivity index (χ0) is 19.1. The Bertz CT molecular complexity index is 812. The van der Waals surface area contributed by atoms with Gasteiger partial charge in [0.25, 0.3) is 0 Å². The molecule has 0 unspecified atom stereocenters. The number of likely N-dealkylation sites (tertiary alicyclic amines) is 1. The van der Waals surface area contributed by atoms with Crippen molar-refractivity contribution in [1.82, 2.24) is 10.2 Å². The predicted molar refractivity (Wildman–Crippen MR) is 125 cm³/mol. The van der Waals surface area contributed by atoms with E-state index < -0.39 is 0 Å². The number of ether oxygens (including phenoxy) is 1. The molecule has 150 valence electrons. The van der Waals surface area contributed by atoms with Crippen LogP contribution in [0.2, 0.25) is 0 Å². The first-order valence-electron chi connectivity index (χ1n) is 9.25. The maximum Gasteiger partial charge on any atom is 0.193 e. The number of rotatable bonds is 4. The van der Waals surface area contributed by atoms with Gasteiger partial charge < -0.3 is 20.1 Å². The summed E-state index contributed by atoms with van der Waals surface area (Å²) < 4.78 is 5.23. The van der Waals surface area contributed by atoms with E-state index >= 15 is 0 Å². The lowest BCUT2D eigenvalue weighted by Crippen LogP contribution is -2.44. The summed E-state index contributed by atoms with van der Waals surface area (Å²) in [5.74, 6) is 1.84. The summed E-state index contributed by atoms with van der Waals surface area (Å²) in [5, 5.41) is 13.4. The SMILES string of the molecule is CN=C(NCc1cc(OC)ccc1O)N1CCC(=Cc2ccccc2)CC1.I. The van der Waals surface area contributed by atoms with Gasteiger partial charge in [0.15, 0.2) is 5.96 Å². The lowest BCUT2D eigenvalue weighted by atomic mass is 10.0. The van der Waals surface area contributed by atoms with Crippen LogP contribution in [0.4, 0.5) is 0 Å². The molecule has 5 nitrogen and oxygen atoms in total. The van der Waals surface area contributed by atoms with Gasteiger partial charge in [-0.25, -0.2) is 0 Å². The first-order valence-corrected chi connectivity index (χ1v) is 9.25. The number of phenolic OH excluding ortho intramolecular Hbond substituents is 1. The van der Waals surface area contributed by atoms with Crippen molar-refractivity contribution in [2.75, 3.05) is 27.2 Å². The van der Waals surface area contributed by atoms with E-state index in [1.54, 1.807) is 26.3 Å². The number of benzene rings is 2. The summed E-state index contributed by atoms with van der Waals surface area (Å²) in [5.41, 5.74) is 3.52. The van der Waals surface area contributed by atoms with Crippen LogP contribution >= 0.6 is 24.0 Å². The van der Waals surface area contributed by atoms with Crippen molar-refractivity contribution in [2.45, 2.75) is 19.4 Å². The molecule has 2 aromatic rings. The second-order valence-corrected chi connectivity index (χ2v) is 6.60. The van der Waals surface area contributed by atoms with Gasteiger partial charge in [0.05, 0.1) is 7.11 Å². The van der Waals surface area contributed by atoms with Gasteiger partial charge in [-0.2, -0.15) is 0 Å². The second kappa shape index (κ2) is 10.9. The fourth-order valence-corrected chi connectivity index (χ4v) is 3.27. The van der Waals surface area contributed by atoms with Gasteiger partial charge >= 0.3 is 0 Å². The molecule has 3 rings (SSSR count). The summed E-state index contributed by atoms with van der Waals surface area (Å²) >= 11 is 0. The molecule has 0 bridgehead atoms. The molecule has 0 amide bonds. The number of phenols is 1.